The zero-order chi connectivity index (χ0) is 12.0. The lowest BCUT2D eigenvalue weighted by Crippen LogP contribution is -2.53. The van der Waals surface area contributed by atoms with Crippen LogP contribution in [0.25, 0.3) is 0 Å². The molecule has 0 saturated heterocycles. The molecule has 0 unspecified atom stereocenters. The highest BCUT2D eigenvalue weighted by atomic mass is 15.2. The van der Waals surface area contributed by atoms with Gasteiger partial charge in [0.05, 0.1) is 0 Å². The fourth-order valence-electron chi connectivity index (χ4n) is 3.33. The first kappa shape index (κ1) is 14.0. The summed E-state index contributed by atoms with van der Waals surface area (Å²) in [7, 11) is 0. The summed E-state index contributed by atoms with van der Waals surface area (Å²) in [4.78, 5) is 5.34. The second kappa shape index (κ2) is 7.29. The average molecular weight is 226 g/mol. The highest BCUT2D eigenvalue weighted by Crippen LogP contribution is 2.27. The maximum absolute atomic E-state index is 2.67. The first-order chi connectivity index (χ1) is 7.78. The molecule has 16 heavy (non-hydrogen) atoms. The SMILES string of the molecule is CCN(CC)[C@@H]1CCCC[C@H]1N(CC)CC. The van der Waals surface area contributed by atoms with Crippen LogP contribution in [0.1, 0.15) is 53.4 Å². The maximum atomic E-state index is 2.67. The van der Waals surface area contributed by atoms with Crippen LogP contribution in [0.5, 0.6) is 0 Å². The molecule has 96 valence electrons. The van der Waals surface area contributed by atoms with Crippen molar-refractivity contribution in [1.29, 1.82) is 0 Å². The summed E-state index contributed by atoms with van der Waals surface area (Å²) >= 11 is 0. The third kappa shape index (κ3) is 3.21. The predicted molar refractivity (Wildman–Crippen MR) is 71.9 cm³/mol. The largest absolute Gasteiger partial charge is 0.299 e. The highest BCUT2D eigenvalue weighted by Gasteiger charge is 2.31. The van der Waals surface area contributed by atoms with Crippen molar-refractivity contribution in [1.82, 2.24) is 9.80 Å². The minimum atomic E-state index is 0.809. The zero-order valence-electron chi connectivity index (χ0n) is 11.7. The zero-order valence-corrected chi connectivity index (χ0v) is 11.7. The Hall–Kier alpha value is -0.0800. The molecular weight excluding hydrogens is 196 g/mol. The minimum Gasteiger partial charge on any atom is -0.299 e. The summed E-state index contributed by atoms with van der Waals surface area (Å²) in [6.07, 6.45) is 5.67. The van der Waals surface area contributed by atoms with E-state index in [0.717, 1.165) is 12.1 Å². The lowest BCUT2D eigenvalue weighted by molar-refractivity contribution is 0.0590. The van der Waals surface area contributed by atoms with E-state index < -0.39 is 0 Å². The van der Waals surface area contributed by atoms with Crippen LogP contribution in [-0.2, 0) is 0 Å². The lowest BCUT2D eigenvalue weighted by atomic mass is 9.88. The van der Waals surface area contributed by atoms with E-state index in [1.54, 1.807) is 0 Å². The number of hydrogen-bond donors (Lipinski definition) is 0. The second-order valence-corrected chi connectivity index (χ2v) is 4.86. The number of rotatable bonds is 6. The Bertz CT molecular complexity index is 154. The summed E-state index contributed by atoms with van der Waals surface area (Å²) in [6.45, 7) is 14.0. The van der Waals surface area contributed by atoms with E-state index in [0.29, 0.717) is 0 Å². The van der Waals surface area contributed by atoms with Gasteiger partial charge in [-0.25, -0.2) is 0 Å². The molecule has 2 heteroatoms. The molecule has 0 aromatic heterocycles. The van der Waals surface area contributed by atoms with E-state index in [2.05, 4.69) is 37.5 Å². The molecule has 1 rings (SSSR count). The van der Waals surface area contributed by atoms with Crippen LogP contribution in [0.15, 0.2) is 0 Å². The van der Waals surface area contributed by atoms with Crippen molar-refractivity contribution in [2.75, 3.05) is 26.2 Å². The summed E-state index contributed by atoms with van der Waals surface area (Å²) in [5, 5.41) is 0. The monoisotopic (exact) mass is 226 g/mol. The van der Waals surface area contributed by atoms with E-state index in [1.165, 1.54) is 51.9 Å². The molecule has 2 atom stereocenters. The van der Waals surface area contributed by atoms with Gasteiger partial charge in [0.15, 0.2) is 0 Å². The van der Waals surface area contributed by atoms with Gasteiger partial charge in [-0.05, 0) is 39.0 Å². The van der Waals surface area contributed by atoms with Gasteiger partial charge in [0.25, 0.3) is 0 Å². The van der Waals surface area contributed by atoms with Crippen LogP contribution in [0.2, 0.25) is 0 Å². The molecule has 1 aliphatic carbocycles. The third-order valence-corrected chi connectivity index (χ3v) is 4.26. The Morgan fingerprint density at radius 3 is 1.25 bits per heavy atom. The van der Waals surface area contributed by atoms with Crippen LogP contribution >= 0.6 is 0 Å². The standard InChI is InChI=1S/C14H30N2/c1-5-15(6-2)13-11-9-10-12-14(13)16(7-3)8-4/h13-14H,5-12H2,1-4H3/t13-,14-/m1/s1. The number of likely N-dealkylation sites (N-methyl/N-ethyl adjacent to an activating group) is 2. The Morgan fingerprint density at radius 2 is 1.00 bits per heavy atom. The van der Waals surface area contributed by atoms with Crippen molar-refractivity contribution in [3.05, 3.63) is 0 Å². The fourth-order valence-corrected chi connectivity index (χ4v) is 3.33. The molecule has 2 nitrogen and oxygen atoms in total. The van der Waals surface area contributed by atoms with Crippen LogP contribution in [-0.4, -0.2) is 48.1 Å². The molecule has 0 aliphatic heterocycles. The number of nitrogens with zero attached hydrogens (tertiary/aromatic N) is 2. The van der Waals surface area contributed by atoms with Gasteiger partial charge in [-0.3, -0.25) is 9.80 Å². The summed E-state index contributed by atoms with van der Waals surface area (Å²) in [6, 6.07) is 1.62. The van der Waals surface area contributed by atoms with Crippen molar-refractivity contribution in [3.8, 4) is 0 Å². The van der Waals surface area contributed by atoms with E-state index in [4.69, 9.17) is 0 Å². The normalized spacial score (nSPS) is 26.6. The van der Waals surface area contributed by atoms with Crippen molar-refractivity contribution >= 4 is 0 Å². The quantitative estimate of drug-likeness (QED) is 0.687. The average Bonchev–Trinajstić information content (AvgIpc) is 2.34. The molecule has 1 saturated carbocycles. The van der Waals surface area contributed by atoms with Gasteiger partial charge >= 0.3 is 0 Å². The summed E-state index contributed by atoms with van der Waals surface area (Å²) in [5.41, 5.74) is 0. The van der Waals surface area contributed by atoms with Crippen molar-refractivity contribution < 1.29 is 0 Å². The molecular formula is C14H30N2. The number of hydrogen-bond acceptors (Lipinski definition) is 2. The van der Waals surface area contributed by atoms with E-state index in [-0.39, 0.29) is 0 Å². The summed E-state index contributed by atoms with van der Waals surface area (Å²) in [5.74, 6) is 0. The van der Waals surface area contributed by atoms with Crippen molar-refractivity contribution in [2.24, 2.45) is 0 Å². The van der Waals surface area contributed by atoms with Gasteiger partial charge in [-0.1, -0.05) is 40.5 Å². The smallest absolute Gasteiger partial charge is 0.0251 e. The van der Waals surface area contributed by atoms with Gasteiger partial charge in [-0.15, -0.1) is 0 Å². The molecule has 1 aliphatic rings. The highest BCUT2D eigenvalue weighted by molar-refractivity contribution is 4.88. The van der Waals surface area contributed by atoms with Gasteiger partial charge < -0.3 is 0 Å². The van der Waals surface area contributed by atoms with Crippen LogP contribution in [0.3, 0.4) is 0 Å². The molecule has 0 spiro atoms. The Labute approximate surface area is 102 Å². The van der Waals surface area contributed by atoms with Gasteiger partial charge in [-0.2, -0.15) is 0 Å². The lowest BCUT2D eigenvalue weighted by Gasteiger charge is -2.44. The van der Waals surface area contributed by atoms with Crippen molar-refractivity contribution in [3.63, 3.8) is 0 Å². The molecule has 0 aromatic rings. The van der Waals surface area contributed by atoms with E-state index >= 15 is 0 Å². The molecule has 0 aromatic carbocycles. The van der Waals surface area contributed by atoms with Crippen molar-refractivity contribution in [2.45, 2.75) is 65.5 Å². The van der Waals surface area contributed by atoms with Crippen LogP contribution in [0, 0.1) is 0 Å². The maximum Gasteiger partial charge on any atom is 0.0251 e. The molecule has 1 fully saturated rings. The minimum absolute atomic E-state index is 0.809. The second-order valence-electron chi connectivity index (χ2n) is 4.86. The van der Waals surface area contributed by atoms with E-state index in [1.807, 2.05) is 0 Å². The molecule has 0 amide bonds. The molecule has 0 radical (unpaired) electrons. The van der Waals surface area contributed by atoms with E-state index in [9.17, 15) is 0 Å². The van der Waals surface area contributed by atoms with Gasteiger partial charge in [0, 0.05) is 12.1 Å². The van der Waals surface area contributed by atoms with Gasteiger partial charge in [0.2, 0.25) is 0 Å². The third-order valence-electron chi connectivity index (χ3n) is 4.26. The molecule has 0 N–H and O–H groups in total. The summed E-state index contributed by atoms with van der Waals surface area (Å²) < 4.78 is 0. The first-order valence-corrected chi connectivity index (χ1v) is 7.26. The molecule has 0 bridgehead atoms. The Morgan fingerprint density at radius 1 is 0.688 bits per heavy atom. The fraction of sp³-hybridized carbons (Fsp3) is 1.00. The van der Waals surface area contributed by atoms with Gasteiger partial charge in [0.1, 0.15) is 0 Å². The van der Waals surface area contributed by atoms with Crippen LogP contribution in [0.4, 0.5) is 0 Å². The predicted octanol–water partition coefficient (Wildman–Crippen LogP) is 2.98. The Kier molecular flexibility index (Phi) is 6.37. The Balaban J connectivity index is 2.68. The molecule has 0 heterocycles. The van der Waals surface area contributed by atoms with Crippen LogP contribution < -0.4 is 0 Å². The topological polar surface area (TPSA) is 6.48 Å². The first-order valence-electron chi connectivity index (χ1n) is 7.26.